The van der Waals surface area contributed by atoms with Crippen molar-refractivity contribution in [3.05, 3.63) is 33.5 Å². The van der Waals surface area contributed by atoms with E-state index in [4.69, 9.17) is 11.6 Å². The number of rotatable bonds is 3. The van der Waals surface area contributed by atoms with Gasteiger partial charge in [-0.1, -0.05) is 17.7 Å². The maximum Gasteiger partial charge on any atom is 0.178 e. The van der Waals surface area contributed by atoms with Gasteiger partial charge in [-0.25, -0.2) is 0 Å². The number of hydrogen-bond donors (Lipinski definition) is 0. The molecule has 0 aliphatic rings. The molecule has 0 spiro atoms. The SMILES string of the molecule is C=CCC(=O)c1scc(C)c1Cl. The van der Waals surface area contributed by atoms with Gasteiger partial charge in [-0.3, -0.25) is 4.79 Å². The van der Waals surface area contributed by atoms with Crippen molar-refractivity contribution in [3.63, 3.8) is 0 Å². The smallest absolute Gasteiger partial charge is 0.178 e. The minimum atomic E-state index is 0.0492. The van der Waals surface area contributed by atoms with Crippen LogP contribution in [0.3, 0.4) is 0 Å². The Kier molecular flexibility index (Phi) is 3.06. The molecule has 0 saturated heterocycles. The van der Waals surface area contributed by atoms with Crippen LogP contribution in [0.2, 0.25) is 5.02 Å². The zero-order valence-electron chi connectivity index (χ0n) is 6.76. The van der Waals surface area contributed by atoms with Crippen LogP contribution in [0.4, 0.5) is 0 Å². The van der Waals surface area contributed by atoms with E-state index in [0.29, 0.717) is 16.3 Å². The van der Waals surface area contributed by atoms with Crippen LogP contribution in [-0.4, -0.2) is 5.78 Å². The average molecular weight is 201 g/mol. The Morgan fingerprint density at radius 3 is 2.92 bits per heavy atom. The van der Waals surface area contributed by atoms with Crippen LogP contribution in [0.25, 0.3) is 0 Å². The second-order valence-electron chi connectivity index (χ2n) is 2.48. The molecule has 0 amide bonds. The van der Waals surface area contributed by atoms with Gasteiger partial charge in [-0.05, 0) is 17.9 Å². The maximum absolute atomic E-state index is 11.3. The fourth-order valence-electron chi connectivity index (χ4n) is 0.842. The highest BCUT2D eigenvalue weighted by molar-refractivity contribution is 7.13. The Morgan fingerprint density at radius 1 is 1.83 bits per heavy atom. The second kappa shape index (κ2) is 3.87. The molecule has 1 aromatic heterocycles. The molecule has 0 atom stereocenters. The fraction of sp³-hybridized carbons (Fsp3) is 0.222. The first-order valence-corrected chi connectivity index (χ1v) is 4.80. The fourth-order valence-corrected chi connectivity index (χ4v) is 2.09. The Morgan fingerprint density at radius 2 is 2.50 bits per heavy atom. The lowest BCUT2D eigenvalue weighted by atomic mass is 10.2. The molecule has 64 valence electrons. The third-order valence-electron chi connectivity index (χ3n) is 1.48. The van der Waals surface area contributed by atoms with Crippen molar-refractivity contribution in [1.82, 2.24) is 0 Å². The molecule has 0 fully saturated rings. The molecule has 1 aromatic rings. The first-order chi connectivity index (χ1) is 5.66. The minimum Gasteiger partial charge on any atom is -0.293 e. The number of carbonyl (C=O) groups is 1. The number of halogens is 1. The van der Waals surface area contributed by atoms with Crippen LogP contribution in [0.1, 0.15) is 21.7 Å². The zero-order chi connectivity index (χ0) is 9.14. The molecule has 0 saturated carbocycles. The van der Waals surface area contributed by atoms with Crippen molar-refractivity contribution in [2.75, 3.05) is 0 Å². The molecule has 0 aromatic carbocycles. The summed E-state index contributed by atoms with van der Waals surface area (Å²) in [6.45, 7) is 5.40. The number of Topliss-reactive ketones (excluding diaryl/α,β-unsaturated/α-hetero) is 1. The quantitative estimate of drug-likeness (QED) is 0.540. The molecule has 0 bridgehead atoms. The van der Waals surface area contributed by atoms with Gasteiger partial charge in [0.05, 0.1) is 9.90 Å². The van der Waals surface area contributed by atoms with Crippen molar-refractivity contribution in [3.8, 4) is 0 Å². The van der Waals surface area contributed by atoms with E-state index >= 15 is 0 Å². The third kappa shape index (κ3) is 1.76. The van der Waals surface area contributed by atoms with Crippen molar-refractivity contribution >= 4 is 28.7 Å². The molecule has 3 heteroatoms. The van der Waals surface area contributed by atoms with E-state index in [1.807, 2.05) is 12.3 Å². The average Bonchev–Trinajstić information content (AvgIpc) is 2.34. The Balaban J connectivity index is 2.95. The summed E-state index contributed by atoms with van der Waals surface area (Å²) < 4.78 is 0. The standard InChI is InChI=1S/C9H9ClOS/c1-3-4-7(11)9-8(10)6(2)5-12-9/h3,5H,1,4H2,2H3. The van der Waals surface area contributed by atoms with Crippen molar-refractivity contribution in [2.24, 2.45) is 0 Å². The normalized spacial score (nSPS) is 9.83. The van der Waals surface area contributed by atoms with E-state index < -0.39 is 0 Å². The Labute approximate surface area is 80.7 Å². The van der Waals surface area contributed by atoms with Gasteiger partial charge < -0.3 is 0 Å². The van der Waals surface area contributed by atoms with E-state index in [1.165, 1.54) is 11.3 Å². The minimum absolute atomic E-state index is 0.0492. The van der Waals surface area contributed by atoms with Gasteiger partial charge >= 0.3 is 0 Å². The molecule has 1 nitrogen and oxygen atoms in total. The molecule has 0 unspecified atom stereocenters. The first kappa shape index (κ1) is 9.49. The van der Waals surface area contributed by atoms with Crippen molar-refractivity contribution in [2.45, 2.75) is 13.3 Å². The van der Waals surface area contributed by atoms with E-state index in [1.54, 1.807) is 6.08 Å². The summed E-state index contributed by atoms with van der Waals surface area (Å²) in [6.07, 6.45) is 1.95. The largest absolute Gasteiger partial charge is 0.293 e. The number of hydrogen-bond acceptors (Lipinski definition) is 2. The third-order valence-corrected chi connectivity index (χ3v) is 3.22. The summed E-state index contributed by atoms with van der Waals surface area (Å²) in [7, 11) is 0. The first-order valence-electron chi connectivity index (χ1n) is 3.54. The molecule has 0 radical (unpaired) electrons. The van der Waals surface area contributed by atoms with E-state index in [2.05, 4.69) is 6.58 Å². The zero-order valence-corrected chi connectivity index (χ0v) is 8.34. The van der Waals surface area contributed by atoms with Gasteiger partial charge in [0.1, 0.15) is 0 Å². The van der Waals surface area contributed by atoms with E-state index in [-0.39, 0.29) is 5.78 Å². The summed E-state index contributed by atoms with van der Waals surface area (Å²) in [5.41, 5.74) is 0.967. The highest BCUT2D eigenvalue weighted by Gasteiger charge is 2.12. The Bertz CT molecular complexity index is 314. The molecular formula is C9H9ClOS. The van der Waals surface area contributed by atoms with Crippen LogP contribution < -0.4 is 0 Å². The van der Waals surface area contributed by atoms with E-state index in [0.717, 1.165) is 5.56 Å². The maximum atomic E-state index is 11.3. The van der Waals surface area contributed by atoms with Gasteiger partial charge in [0.25, 0.3) is 0 Å². The second-order valence-corrected chi connectivity index (χ2v) is 3.74. The molecule has 0 aliphatic carbocycles. The lowest BCUT2D eigenvalue weighted by Crippen LogP contribution is -1.93. The van der Waals surface area contributed by atoms with Crippen LogP contribution in [0.5, 0.6) is 0 Å². The summed E-state index contributed by atoms with van der Waals surface area (Å²) in [5, 5.41) is 2.48. The number of thiophene rings is 1. The van der Waals surface area contributed by atoms with Crippen molar-refractivity contribution < 1.29 is 4.79 Å². The summed E-state index contributed by atoms with van der Waals surface area (Å²) >= 11 is 7.29. The molecule has 0 N–H and O–H groups in total. The van der Waals surface area contributed by atoms with Crippen LogP contribution in [0.15, 0.2) is 18.0 Å². The lowest BCUT2D eigenvalue weighted by Gasteiger charge is -1.93. The summed E-state index contributed by atoms with van der Waals surface area (Å²) in [5.74, 6) is 0.0492. The topological polar surface area (TPSA) is 17.1 Å². The molecular weight excluding hydrogens is 192 g/mol. The highest BCUT2D eigenvalue weighted by atomic mass is 35.5. The molecule has 1 heterocycles. The predicted molar refractivity (Wildman–Crippen MR) is 53.2 cm³/mol. The van der Waals surface area contributed by atoms with Gasteiger partial charge in [-0.15, -0.1) is 17.9 Å². The Hall–Kier alpha value is -0.600. The summed E-state index contributed by atoms with van der Waals surface area (Å²) in [6, 6.07) is 0. The van der Waals surface area contributed by atoms with E-state index in [9.17, 15) is 4.79 Å². The van der Waals surface area contributed by atoms with Gasteiger partial charge in [0, 0.05) is 6.42 Å². The number of allylic oxidation sites excluding steroid dienone is 1. The number of aryl methyl sites for hydroxylation is 1. The number of carbonyl (C=O) groups excluding carboxylic acids is 1. The van der Waals surface area contributed by atoms with Gasteiger partial charge in [-0.2, -0.15) is 0 Å². The molecule has 0 aliphatic heterocycles. The number of ketones is 1. The van der Waals surface area contributed by atoms with Gasteiger partial charge in [0.15, 0.2) is 5.78 Å². The van der Waals surface area contributed by atoms with Crippen LogP contribution in [0, 0.1) is 6.92 Å². The molecule has 12 heavy (non-hydrogen) atoms. The monoisotopic (exact) mass is 200 g/mol. The molecule has 1 rings (SSSR count). The van der Waals surface area contributed by atoms with Gasteiger partial charge in [0.2, 0.25) is 0 Å². The lowest BCUT2D eigenvalue weighted by molar-refractivity contribution is 0.1000. The summed E-state index contributed by atoms with van der Waals surface area (Å²) in [4.78, 5) is 12.0. The van der Waals surface area contributed by atoms with Crippen LogP contribution in [-0.2, 0) is 0 Å². The van der Waals surface area contributed by atoms with Crippen molar-refractivity contribution in [1.29, 1.82) is 0 Å². The highest BCUT2D eigenvalue weighted by Crippen LogP contribution is 2.28. The van der Waals surface area contributed by atoms with Crippen LogP contribution >= 0.6 is 22.9 Å². The predicted octanol–water partition coefficient (Wildman–Crippen LogP) is 3.47.